The number of nitrogens with zero attached hydrogens (tertiary/aromatic N) is 2. The average Bonchev–Trinajstić information content (AvgIpc) is 3.25. The molecule has 1 aliphatic carbocycles. The fraction of sp³-hybridized carbons (Fsp3) is 0.526. The van der Waals surface area contributed by atoms with Crippen LogP contribution in [0.5, 0.6) is 0 Å². The molecule has 0 N–H and O–H groups in total. The van der Waals surface area contributed by atoms with Gasteiger partial charge < -0.3 is 0 Å². The molecule has 0 atom stereocenters. The van der Waals surface area contributed by atoms with Crippen molar-refractivity contribution < 1.29 is 8.42 Å². The number of sulfone groups is 1. The zero-order chi connectivity index (χ0) is 16.6. The number of hydrogen-bond donors (Lipinski definition) is 0. The number of benzene rings is 1. The summed E-state index contributed by atoms with van der Waals surface area (Å²) in [5.74, 6) is 1.13. The van der Waals surface area contributed by atoms with Gasteiger partial charge >= 0.3 is 0 Å². The van der Waals surface area contributed by atoms with Gasteiger partial charge in [-0.2, -0.15) is 5.10 Å². The highest BCUT2D eigenvalue weighted by Crippen LogP contribution is 2.37. The van der Waals surface area contributed by atoms with Gasteiger partial charge in [0.25, 0.3) is 0 Å². The maximum absolute atomic E-state index is 11.8. The van der Waals surface area contributed by atoms with E-state index in [1.54, 1.807) is 0 Å². The van der Waals surface area contributed by atoms with Crippen LogP contribution in [0.3, 0.4) is 0 Å². The summed E-state index contributed by atoms with van der Waals surface area (Å²) in [5, 5.41) is 4.96. The van der Waals surface area contributed by atoms with Crippen molar-refractivity contribution in [3.63, 3.8) is 0 Å². The van der Waals surface area contributed by atoms with Crippen LogP contribution in [0.2, 0.25) is 0 Å². The van der Waals surface area contributed by atoms with Gasteiger partial charge in [-0.15, -0.1) is 0 Å². The molecule has 2 fully saturated rings. The molecule has 24 heavy (non-hydrogen) atoms. The van der Waals surface area contributed by atoms with E-state index in [4.69, 9.17) is 5.10 Å². The first-order chi connectivity index (χ1) is 11.6. The first-order valence-electron chi connectivity index (χ1n) is 8.98. The predicted octanol–water partition coefficient (Wildman–Crippen LogP) is 3.96. The van der Waals surface area contributed by atoms with E-state index < -0.39 is 9.84 Å². The van der Waals surface area contributed by atoms with Gasteiger partial charge in [-0.05, 0) is 37.3 Å². The summed E-state index contributed by atoms with van der Waals surface area (Å²) < 4.78 is 25.7. The largest absolute Gasteiger partial charge is 0.261 e. The Morgan fingerprint density at radius 1 is 0.958 bits per heavy atom. The van der Waals surface area contributed by atoms with Gasteiger partial charge in [0.2, 0.25) is 0 Å². The van der Waals surface area contributed by atoms with E-state index in [2.05, 4.69) is 22.9 Å². The fourth-order valence-electron chi connectivity index (χ4n) is 4.06. The number of hydrogen-bond acceptors (Lipinski definition) is 3. The normalized spacial score (nSPS) is 22.0. The third-order valence-electron chi connectivity index (χ3n) is 5.47. The van der Waals surface area contributed by atoms with Crippen molar-refractivity contribution in [1.29, 1.82) is 0 Å². The monoisotopic (exact) mass is 344 g/mol. The van der Waals surface area contributed by atoms with Gasteiger partial charge in [0, 0.05) is 5.92 Å². The summed E-state index contributed by atoms with van der Waals surface area (Å²) in [6, 6.07) is 12.8. The molecule has 1 aromatic carbocycles. The van der Waals surface area contributed by atoms with Crippen LogP contribution in [0.1, 0.15) is 56.2 Å². The molecule has 2 heterocycles. The van der Waals surface area contributed by atoms with Gasteiger partial charge in [-0.3, -0.25) is 4.68 Å². The van der Waals surface area contributed by atoms with Crippen LogP contribution >= 0.6 is 0 Å². The van der Waals surface area contributed by atoms with Crippen LogP contribution in [-0.2, 0) is 9.84 Å². The van der Waals surface area contributed by atoms with Crippen molar-refractivity contribution in [1.82, 2.24) is 9.78 Å². The molecule has 128 valence electrons. The summed E-state index contributed by atoms with van der Waals surface area (Å²) in [7, 11) is -2.85. The van der Waals surface area contributed by atoms with E-state index in [1.165, 1.54) is 36.9 Å². The van der Waals surface area contributed by atoms with Gasteiger partial charge in [0.1, 0.15) is 9.84 Å². The van der Waals surface area contributed by atoms with E-state index in [-0.39, 0.29) is 17.5 Å². The highest BCUT2D eigenvalue weighted by molar-refractivity contribution is 7.91. The third-order valence-corrected chi connectivity index (χ3v) is 7.18. The Kier molecular flexibility index (Phi) is 4.21. The van der Waals surface area contributed by atoms with Crippen molar-refractivity contribution in [2.75, 3.05) is 11.5 Å². The van der Waals surface area contributed by atoms with Crippen LogP contribution in [0, 0.1) is 0 Å². The van der Waals surface area contributed by atoms with E-state index in [1.807, 2.05) is 18.2 Å². The molecule has 0 spiro atoms. The summed E-state index contributed by atoms with van der Waals surface area (Å²) in [6.07, 6.45) is 6.39. The lowest BCUT2D eigenvalue weighted by Gasteiger charge is -2.24. The zero-order valence-electron chi connectivity index (χ0n) is 13.9. The Balaban J connectivity index is 1.71. The van der Waals surface area contributed by atoms with Gasteiger partial charge in [-0.25, -0.2) is 8.42 Å². The van der Waals surface area contributed by atoms with Crippen molar-refractivity contribution in [3.8, 4) is 11.3 Å². The minimum absolute atomic E-state index is 0.193. The first kappa shape index (κ1) is 15.9. The molecule has 0 bridgehead atoms. The SMILES string of the molecule is O=S1(=O)CCC(n2nc(C3CCCC3)cc2-c2ccccc2)CC1. The average molecular weight is 344 g/mol. The molecule has 5 heteroatoms. The van der Waals surface area contributed by atoms with E-state index in [9.17, 15) is 8.42 Å². The Labute approximate surface area is 143 Å². The van der Waals surface area contributed by atoms with Gasteiger partial charge in [-0.1, -0.05) is 43.2 Å². The van der Waals surface area contributed by atoms with Crippen molar-refractivity contribution >= 4 is 9.84 Å². The maximum Gasteiger partial charge on any atom is 0.150 e. The second kappa shape index (κ2) is 6.36. The van der Waals surface area contributed by atoms with Crippen LogP contribution in [0.15, 0.2) is 36.4 Å². The van der Waals surface area contributed by atoms with Crippen LogP contribution in [-0.4, -0.2) is 29.7 Å². The summed E-state index contributed by atoms with van der Waals surface area (Å²) in [5.41, 5.74) is 3.50. The second-order valence-corrected chi connectivity index (χ2v) is 9.43. The number of rotatable bonds is 3. The predicted molar refractivity (Wildman–Crippen MR) is 95.8 cm³/mol. The molecule has 1 aliphatic heterocycles. The minimum Gasteiger partial charge on any atom is -0.261 e. The molecule has 1 aromatic heterocycles. The highest BCUT2D eigenvalue weighted by Gasteiger charge is 2.29. The molecule has 1 saturated carbocycles. The minimum atomic E-state index is -2.85. The molecule has 0 amide bonds. The molecule has 1 saturated heterocycles. The van der Waals surface area contributed by atoms with Crippen LogP contribution < -0.4 is 0 Å². The summed E-state index contributed by atoms with van der Waals surface area (Å²) in [4.78, 5) is 0. The Hall–Kier alpha value is -1.62. The standard InChI is InChI=1S/C19H24N2O2S/c22-24(23)12-10-17(11-13-24)21-19(16-8-2-1-3-9-16)14-18(20-21)15-6-4-5-7-15/h1-3,8-9,14-15,17H,4-7,10-13H2. The first-order valence-corrected chi connectivity index (χ1v) is 10.8. The molecule has 2 aromatic rings. The smallest absolute Gasteiger partial charge is 0.150 e. The Bertz CT molecular complexity index is 791. The quantitative estimate of drug-likeness (QED) is 0.847. The van der Waals surface area contributed by atoms with Crippen molar-refractivity contribution in [3.05, 3.63) is 42.1 Å². The molecular weight excluding hydrogens is 320 g/mol. The summed E-state index contributed by atoms with van der Waals surface area (Å²) >= 11 is 0. The maximum atomic E-state index is 11.8. The van der Waals surface area contributed by atoms with Crippen LogP contribution in [0.25, 0.3) is 11.3 Å². The lowest BCUT2D eigenvalue weighted by atomic mass is 10.0. The van der Waals surface area contributed by atoms with Gasteiger partial charge in [0.15, 0.2) is 0 Å². The molecule has 2 aliphatic rings. The second-order valence-electron chi connectivity index (χ2n) is 7.13. The number of aromatic nitrogens is 2. The van der Waals surface area contributed by atoms with Crippen molar-refractivity contribution in [2.45, 2.75) is 50.5 Å². The van der Waals surface area contributed by atoms with Crippen LogP contribution in [0.4, 0.5) is 0 Å². The molecule has 4 nitrogen and oxygen atoms in total. The zero-order valence-corrected chi connectivity index (χ0v) is 14.7. The van der Waals surface area contributed by atoms with E-state index >= 15 is 0 Å². The van der Waals surface area contributed by atoms with Gasteiger partial charge in [0.05, 0.1) is 28.9 Å². The molecule has 4 rings (SSSR count). The van der Waals surface area contributed by atoms with E-state index in [0.29, 0.717) is 18.8 Å². The summed E-state index contributed by atoms with van der Waals surface area (Å²) in [6.45, 7) is 0. The third kappa shape index (κ3) is 3.14. The molecule has 0 radical (unpaired) electrons. The lowest BCUT2D eigenvalue weighted by Crippen LogP contribution is -2.26. The Morgan fingerprint density at radius 2 is 1.62 bits per heavy atom. The Morgan fingerprint density at radius 3 is 2.29 bits per heavy atom. The highest BCUT2D eigenvalue weighted by atomic mass is 32.2. The topological polar surface area (TPSA) is 52.0 Å². The lowest BCUT2D eigenvalue weighted by molar-refractivity contribution is 0.412. The van der Waals surface area contributed by atoms with Crippen molar-refractivity contribution in [2.24, 2.45) is 0 Å². The fourth-order valence-corrected chi connectivity index (χ4v) is 5.53. The molecule has 0 unspecified atom stereocenters. The van der Waals surface area contributed by atoms with E-state index in [0.717, 1.165) is 5.69 Å². The molecular formula is C19H24N2O2S.